The van der Waals surface area contributed by atoms with Crippen LogP contribution in [0.25, 0.3) is 0 Å². The number of carbonyl (C=O) groups excluding carboxylic acids is 1. The van der Waals surface area contributed by atoms with E-state index < -0.39 is 12.1 Å². The largest absolute Gasteiger partial charge is 0.494 e. The van der Waals surface area contributed by atoms with E-state index in [4.69, 9.17) is 16.3 Å². The van der Waals surface area contributed by atoms with E-state index in [-0.39, 0.29) is 33.7 Å². The van der Waals surface area contributed by atoms with E-state index in [1.807, 2.05) is 17.0 Å². The highest BCUT2D eigenvalue weighted by Crippen LogP contribution is 2.49. The zero-order chi connectivity index (χ0) is 28.7. The summed E-state index contributed by atoms with van der Waals surface area (Å²) in [5.41, 5.74) is 1.35. The maximum Gasteiger partial charge on any atom is 0.294 e. The molecule has 5 rings (SSSR count). The summed E-state index contributed by atoms with van der Waals surface area (Å²) in [6.45, 7) is 4.69. The lowest BCUT2D eigenvalue weighted by Gasteiger charge is -2.53. The molecule has 0 atom stereocenters. The van der Waals surface area contributed by atoms with E-state index in [0.29, 0.717) is 54.0 Å². The van der Waals surface area contributed by atoms with Gasteiger partial charge < -0.3 is 24.8 Å². The average molecular weight is 585 g/mol. The van der Waals surface area contributed by atoms with Crippen LogP contribution < -0.4 is 25.6 Å². The highest BCUT2D eigenvalue weighted by molar-refractivity contribution is 7.70. The number of Topliss-reactive ketones (excluding diaryl/α,β-unsaturated/α-hetero) is 1. The Balaban J connectivity index is 1.41. The minimum absolute atomic E-state index is 0.0361. The van der Waals surface area contributed by atoms with Crippen LogP contribution in [0, 0.1) is 15.5 Å². The Bertz CT molecular complexity index is 1530. The summed E-state index contributed by atoms with van der Waals surface area (Å²) in [6, 6.07) is 10.3. The fourth-order valence-electron chi connectivity index (χ4n) is 5.34. The lowest BCUT2D eigenvalue weighted by Crippen LogP contribution is -2.58. The van der Waals surface area contributed by atoms with Crippen molar-refractivity contribution in [1.82, 2.24) is 9.97 Å². The first kappa shape index (κ1) is 27.9. The van der Waals surface area contributed by atoms with Gasteiger partial charge in [-0.3, -0.25) is 14.9 Å². The third-order valence-corrected chi connectivity index (χ3v) is 9.31. The molecule has 11 nitrogen and oxygen atoms in total. The minimum atomic E-state index is -2.59. The van der Waals surface area contributed by atoms with Crippen LogP contribution >= 0.6 is 18.7 Å². The van der Waals surface area contributed by atoms with Gasteiger partial charge in [-0.15, -0.1) is 0 Å². The second-order valence-electron chi connectivity index (χ2n) is 10.7. The molecule has 2 heterocycles. The van der Waals surface area contributed by atoms with Gasteiger partial charge in [0.15, 0.2) is 5.82 Å². The molecule has 1 spiro atoms. The van der Waals surface area contributed by atoms with E-state index in [2.05, 4.69) is 20.6 Å². The van der Waals surface area contributed by atoms with Gasteiger partial charge in [-0.2, -0.15) is 4.98 Å². The van der Waals surface area contributed by atoms with Crippen molar-refractivity contribution in [2.45, 2.75) is 25.7 Å². The second-order valence-corrected chi connectivity index (χ2v) is 14.3. The Morgan fingerprint density at radius 2 is 1.82 bits per heavy atom. The lowest BCUT2D eigenvalue weighted by molar-refractivity contribution is -0.384. The number of benzene rings is 2. The van der Waals surface area contributed by atoms with E-state index >= 15 is 0 Å². The van der Waals surface area contributed by atoms with Gasteiger partial charge in [0.2, 0.25) is 5.95 Å². The Morgan fingerprint density at radius 1 is 1.12 bits per heavy atom. The number of nitrogens with one attached hydrogen (secondary N) is 2. The summed E-state index contributed by atoms with van der Waals surface area (Å²) in [7, 11) is -1.10. The molecular weight excluding hydrogens is 555 g/mol. The van der Waals surface area contributed by atoms with Crippen LogP contribution in [0.3, 0.4) is 0 Å². The number of nitrogens with zero attached hydrogens (tertiary/aromatic N) is 4. The molecular formula is C27H30ClN6O5P. The molecule has 0 bridgehead atoms. The monoisotopic (exact) mass is 584 g/mol. The van der Waals surface area contributed by atoms with E-state index in [1.54, 1.807) is 31.5 Å². The number of nitro benzene ring substituents is 1. The Hall–Kier alpha value is -3.69. The Kier molecular flexibility index (Phi) is 7.46. The summed E-state index contributed by atoms with van der Waals surface area (Å²) in [4.78, 5) is 34.0. The molecule has 40 heavy (non-hydrogen) atoms. The normalized spacial score (nSPS) is 16.4. The SMILES string of the molecule is COc1cc(N2CC3(CCC(=O)CC3)C2)c([N+](=O)[O-])cc1Nc1ncc(Cl)c(Nc2ccccc2P(C)(C)=O)n1. The lowest BCUT2D eigenvalue weighted by atomic mass is 9.68. The van der Waals surface area contributed by atoms with Crippen LogP contribution in [0.2, 0.25) is 5.02 Å². The van der Waals surface area contributed by atoms with E-state index in [0.717, 1.165) is 12.8 Å². The van der Waals surface area contributed by atoms with Crippen LogP contribution in [0.15, 0.2) is 42.6 Å². The molecule has 0 amide bonds. The molecule has 1 aromatic heterocycles. The van der Waals surface area contributed by atoms with Crippen LogP contribution in [0.4, 0.5) is 34.5 Å². The molecule has 2 N–H and O–H groups in total. The van der Waals surface area contributed by atoms with Crippen molar-refractivity contribution in [3.05, 3.63) is 57.7 Å². The number of hydrogen-bond acceptors (Lipinski definition) is 10. The molecule has 0 radical (unpaired) electrons. The molecule has 1 aliphatic heterocycles. The number of carbonyl (C=O) groups is 1. The first-order valence-electron chi connectivity index (χ1n) is 12.8. The molecule has 2 fully saturated rings. The van der Waals surface area contributed by atoms with Crippen molar-refractivity contribution in [3.8, 4) is 5.75 Å². The fraction of sp³-hybridized carbons (Fsp3) is 0.370. The zero-order valence-corrected chi connectivity index (χ0v) is 24.1. The molecule has 1 saturated heterocycles. The summed E-state index contributed by atoms with van der Waals surface area (Å²) in [5, 5.41) is 19.1. The predicted molar refractivity (Wildman–Crippen MR) is 157 cm³/mol. The number of hydrogen-bond donors (Lipinski definition) is 2. The van der Waals surface area contributed by atoms with Gasteiger partial charge in [0.1, 0.15) is 29.4 Å². The molecule has 1 saturated carbocycles. The quantitative estimate of drug-likeness (QED) is 0.191. The number of ketones is 1. The minimum Gasteiger partial charge on any atom is -0.494 e. The van der Waals surface area contributed by atoms with Crippen LogP contribution in [-0.2, 0) is 9.36 Å². The number of rotatable bonds is 8. The molecule has 3 aromatic rings. The van der Waals surface area contributed by atoms with Crippen molar-refractivity contribution in [3.63, 3.8) is 0 Å². The van der Waals surface area contributed by atoms with Gasteiger partial charge >= 0.3 is 0 Å². The van der Waals surface area contributed by atoms with Gasteiger partial charge in [0.05, 0.1) is 29.6 Å². The van der Waals surface area contributed by atoms with Crippen molar-refractivity contribution in [1.29, 1.82) is 0 Å². The van der Waals surface area contributed by atoms with Gasteiger partial charge in [-0.1, -0.05) is 23.7 Å². The number of methoxy groups -OCH3 is 1. The maximum absolute atomic E-state index is 12.8. The summed E-state index contributed by atoms with van der Waals surface area (Å²) in [5.74, 6) is 1.09. The predicted octanol–water partition coefficient (Wildman–Crippen LogP) is 5.73. The highest BCUT2D eigenvalue weighted by Gasteiger charge is 2.46. The highest BCUT2D eigenvalue weighted by atomic mass is 35.5. The third kappa shape index (κ3) is 5.62. The fourth-order valence-corrected chi connectivity index (χ4v) is 6.64. The Labute approximate surface area is 236 Å². The molecule has 1 aliphatic carbocycles. The number of para-hydroxylation sites is 1. The Morgan fingerprint density at radius 3 is 2.48 bits per heavy atom. The van der Waals surface area contributed by atoms with Crippen LogP contribution in [0.1, 0.15) is 25.7 Å². The smallest absolute Gasteiger partial charge is 0.294 e. The first-order valence-corrected chi connectivity index (χ1v) is 15.8. The number of anilines is 5. The van der Waals surface area contributed by atoms with Gasteiger partial charge in [0.25, 0.3) is 5.69 Å². The summed E-state index contributed by atoms with van der Waals surface area (Å²) < 4.78 is 18.4. The van der Waals surface area contributed by atoms with Gasteiger partial charge in [-0.25, -0.2) is 4.98 Å². The van der Waals surface area contributed by atoms with Crippen molar-refractivity contribution >= 4 is 64.3 Å². The molecule has 2 aromatic carbocycles. The standard InChI is InChI=1S/C27H30ClN6O5P/c1-39-23-13-21(33-15-27(16-33)10-8-17(35)9-11-27)22(34(36)37)12-20(23)31-26-29-14-18(28)25(32-26)30-19-6-4-5-7-24(19)40(2,3)38/h4-7,12-14H,8-11,15-16H2,1-3H3,(H2,29,30,31,32). The molecule has 2 aliphatic rings. The van der Waals surface area contributed by atoms with E-state index in [9.17, 15) is 19.5 Å². The summed E-state index contributed by atoms with van der Waals surface area (Å²) >= 11 is 6.37. The van der Waals surface area contributed by atoms with Crippen molar-refractivity contribution in [2.75, 3.05) is 49.1 Å². The molecule has 210 valence electrons. The number of aromatic nitrogens is 2. The maximum atomic E-state index is 12.8. The number of ether oxygens (including phenoxy) is 1. The van der Waals surface area contributed by atoms with Crippen molar-refractivity contribution < 1.29 is 19.0 Å². The molecule has 0 unspecified atom stereocenters. The van der Waals surface area contributed by atoms with Crippen molar-refractivity contribution in [2.24, 2.45) is 5.41 Å². The topological polar surface area (TPSA) is 140 Å². The first-order chi connectivity index (χ1) is 19.0. The van der Waals surface area contributed by atoms with Crippen LogP contribution in [-0.4, -0.2) is 54.2 Å². The zero-order valence-electron chi connectivity index (χ0n) is 22.4. The third-order valence-electron chi connectivity index (χ3n) is 7.48. The number of nitro groups is 1. The van der Waals surface area contributed by atoms with E-state index in [1.165, 1.54) is 19.4 Å². The van der Waals surface area contributed by atoms with Gasteiger partial charge in [-0.05, 0) is 38.3 Å². The summed E-state index contributed by atoms with van der Waals surface area (Å²) in [6.07, 6.45) is 4.18. The average Bonchev–Trinajstić information content (AvgIpc) is 2.89. The van der Waals surface area contributed by atoms with Crippen LogP contribution in [0.5, 0.6) is 5.75 Å². The van der Waals surface area contributed by atoms with Gasteiger partial charge in [0, 0.05) is 48.8 Å². The second kappa shape index (κ2) is 10.7. The molecule has 13 heteroatoms. The number of halogens is 1.